The molecule has 0 bridgehead atoms. The highest BCUT2D eigenvalue weighted by molar-refractivity contribution is 9.11. The Bertz CT molecular complexity index is 845. The molecule has 0 saturated carbocycles. The normalized spacial score (nSPS) is 11.0. The lowest BCUT2D eigenvalue weighted by Gasteiger charge is -2.10. The van der Waals surface area contributed by atoms with Crippen molar-refractivity contribution >= 4 is 39.2 Å². The van der Waals surface area contributed by atoms with Crippen LogP contribution < -0.4 is 4.72 Å². The van der Waals surface area contributed by atoms with E-state index in [9.17, 15) is 5.11 Å². The van der Waals surface area contributed by atoms with Gasteiger partial charge in [0.15, 0.2) is 0 Å². The molecule has 0 aliphatic rings. The van der Waals surface area contributed by atoms with Crippen LogP contribution in [-0.2, 0) is 13.0 Å². The molecule has 5 heteroatoms. The summed E-state index contributed by atoms with van der Waals surface area (Å²) in [5.74, 6) is 0.324. The molecular weight excluding hydrogens is 426 g/mol. The fourth-order valence-corrected chi connectivity index (χ4v) is 4.95. The molecule has 136 valence electrons. The van der Waals surface area contributed by atoms with Gasteiger partial charge >= 0.3 is 0 Å². The second-order valence-electron chi connectivity index (χ2n) is 6.09. The van der Waals surface area contributed by atoms with Gasteiger partial charge in [0.2, 0.25) is 0 Å². The monoisotopic (exact) mass is 447 g/mol. The second kappa shape index (κ2) is 9.60. The number of unbranched alkanes of at least 4 members (excludes halogenated alkanes) is 1. The first-order valence-corrected chi connectivity index (χ1v) is 11.1. The summed E-state index contributed by atoms with van der Waals surface area (Å²) >= 11 is 6.64. The summed E-state index contributed by atoms with van der Waals surface area (Å²) < 4.78 is 4.38. The minimum absolute atomic E-state index is 0.324. The summed E-state index contributed by atoms with van der Waals surface area (Å²) in [7, 11) is 0. The molecule has 2 aromatic carbocycles. The van der Waals surface area contributed by atoms with E-state index in [1.807, 2.05) is 12.1 Å². The molecule has 0 radical (unpaired) electrons. The topological polar surface area (TPSA) is 32.3 Å². The molecule has 1 aromatic heterocycles. The quantitative estimate of drug-likeness (QED) is 0.363. The van der Waals surface area contributed by atoms with Gasteiger partial charge in [0.05, 0.1) is 8.66 Å². The van der Waals surface area contributed by atoms with Gasteiger partial charge in [-0.15, -0.1) is 11.3 Å². The van der Waals surface area contributed by atoms with Gasteiger partial charge in [-0.2, -0.15) is 0 Å². The Balaban J connectivity index is 1.63. The van der Waals surface area contributed by atoms with Crippen LogP contribution in [0.15, 0.2) is 63.3 Å². The van der Waals surface area contributed by atoms with Gasteiger partial charge in [-0.25, -0.2) is 0 Å². The number of hydrogen-bond acceptors (Lipinski definition) is 4. The zero-order chi connectivity index (χ0) is 18.4. The molecule has 0 fully saturated rings. The van der Waals surface area contributed by atoms with Crippen molar-refractivity contribution in [1.29, 1.82) is 0 Å². The van der Waals surface area contributed by atoms with E-state index in [4.69, 9.17) is 0 Å². The minimum atomic E-state index is 0.324. The summed E-state index contributed by atoms with van der Waals surface area (Å²) in [5, 5.41) is 10.2. The van der Waals surface area contributed by atoms with E-state index in [-0.39, 0.29) is 0 Å². The van der Waals surface area contributed by atoms with Crippen molar-refractivity contribution in [3.05, 3.63) is 69.5 Å². The van der Waals surface area contributed by atoms with Crippen molar-refractivity contribution in [3.63, 3.8) is 0 Å². The van der Waals surface area contributed by atoms with Crippen molar-refractivity contribution in [2.45, 2.75) is 37.6 Å². The lowest BCUT2D eigenvalue weighted by Crippen LogP contribution is -2.04. The highest BCUT2D eigenvalue weighted by atomic mass is 79.9. The summed E-state index contributed by atoms with van der Waals surface area (Å²) in [6, 6.07) is 18.7. The van der Waals surface area contributed by atoms with Crippen LogP contribution in [0.3, 0.4) is 0 Å². The first kappa shape index (κ1) is 19.5. The molecule has 0 aliphatic heterocycles. The highest BCUT2D eigenvalue weighted by Crippen LogP contribution is 2.41. The zero-order valence-corrected chi connectivity index (χ0v) is 17.9. The number of benzene rings is 2. The molecule has 0 amide bonds. The van der Waals surface area contributed by atoms with E-state index in [0.717, 1.165) is 27.2 Å². The maximum atomic E-state index is 10.2. The number of aryl methyl sites for hydroxylation is 1. The van der Waals surface area contributed by atoms with E-state index < -0.39 is 0 Å². The fourth-order valence-electron chi connectivity index (χ4n) is 2.74. The van der Waals surface area contributed by atoms with Crippen LogP contribution in [-0.4, -0.2) is 5.11 Å². The molecule has 0 spiro atoms. The molecule has 3 rings (SSSR count). The number of aromatic hydroxyl groups is 1. The van der Waals surface area contributed by atoms with Crippen LogP contribution in [0.25, 0.3) is 10.4 Å². The predicted octanol–water partition coefficient (Wildman–Crippen LogP) is 7.02. The average Bonchev–Trinajstić information content (AvgIpc) is 2.99. The lowest BCUT2D eigenvalue weighted by molar-refractivity contribution is 0.479. The van der Waals surface area contributed by atoms with Crippen molar-refractivity contribution in [1.82, 2.24) is 4.72 Å². The van der Waals surface area contributed by atoms with Crippen LogP contribution in [0.4, 0.5) is 0 Å². The Morgan fingerprint density at radius 2 is 1.88 bits per heavy atom. The number of nitrogens with one attached hydrogen (secondary N) is 1. The van der Waals surface area contributed by atoms with Crippen molar-refractivity contribution in [2.75, 3.05) is 0 Å². The van der Waals surface area contributed by atoms with Crippen molar-refractivity contribution in [2.24, 2.45) is 0 Å². The number of halogens is 1. The van der Waals surface area contributed by atoms with Gasteiger partial charge in [-0.05, 0) is 69.5 Å². The van der Waals surface area contributed by atoms with E-state index in [0.29, 0.717) is 5.75 Å². The third-order valence-corrected chi connectivity index (χ3v) is 6.60. The first-order valence-electron chi connectivity index (χ1n) is 8.72. The zero-order valence-electron chi connectivity index (χ0n) is 14.7. The minimum Gasteiger partial charge on any atom is -0.506 e. The maximum Gasteiger partial charge on any atom is 0.135 e. The maximum absolute atomic E-state index is 10.2. The molecule has 1 heterocycles. The Hall–Kier alpha value is -1.27. The lowest BCUT2D eigenvalue weighted by atomic mass is 10.1. The Labute approximate surface area is 171 Å². The molecule has 26 heavy (non-hydrogen) atoms. The van der Waals surface area contributed by atoms with Gasteiger partial charge in [-0.3, -0.25) is 4.72 Å². The van der Waals surface area contributed by atoms with Gasteiger partial charge in [-0.1, -0.05) is 49.7 Å². The van der Waals surface area contributed by atoms with Gasteiger partial charge < -0.3 is 5.11 Å². The third kappa shape index (κ3) is 5.13. The number of rotatable bonds is 8. The van der Waals surface area contributed by atoms with Crippen molar-refractivity contribution < 1.29 is 5.11 Å². The average molecular weight is 448 g/mol. The standard InChI is InChI=1S/C21H22BrNOS2/c1-2-3-6-15-9-11-17(12-10-15)26-23-14-16-7-4-5-8-18(16)21-19(24)13-20(22)25-21/h4-5,7-13,23-24H,2-3,6,14H2,1H3. The summed E-state index contributed by atoms with van der Waals surface area (Å²) in [6.07, 6.45) is 3.63. The molecule has 0 atom stereocenters. The Morgan fingerprint density at radius 1 is 1.12 bits per heavy atom. The van der Waals surface area contributed by atoms with Crippen LogP contribution >= 0.6 is 39.2 Å². The summed E-state index contributed by atoms with van der Waals surface area (Å²) in [6.45, 7) is 2.95. The molecule has 2 nitrogen and oxygen atoms in total. The highest BCUT2D eigenvalue weighted by Gasteiger charge is 2.12. The third-order valence-electron chi connectivity index (χ3n) is 4.14. The van der Waals surface area contributed by atoms with E-state index in [2.05, 4.69) is 64.0 Å². The molecule has 0 unspecified atom stereocenters. The van der Waals surface area contributed by atoms with Crippen molar-refractivity contribution in [3.8, 4) is 16.2 Å². The summed E-state index contributed by atoms with van der Waals surface area (Å²) in [5.41, 5.74) is 3.65. The second-order valence-corrected chi connectivity index (χ2v) is 9.49. The van der Waals surface area contributed by atoms with E-state index >= 15 is 0 Å². The molecule has 0 saturated heterocycles. The van der Waals surface area contributed by atoms with E-state index in [1.54, 1.807) is 29.4 Å². The molecule has 0 aliphatic carbocycles. The Kier molecular flexibility index (Phi) is 7.20. The predicted molar refractivity (Wildman–Crippen MR) is 117 cm³/mol. The largest absolute Gasteiger partial charge is 0.506 e. The van der Waals surface area contributed by atoms with Gasteiger partial charge in [0, 0.05) is 17.5 Å². The Morgan fingerprint density at radius 3 is 2.58 bits per heavy atom. The molecule has 2 N–H and O–H groups in total. The number of thiophene rings is 1. The smallest absolute Gasteiger partial charge is 0.135 e. The van der Waals surface area contributed by atoms with Gasteiger partial charge in [0.1, 0.15) is 5.75 Å². The van der Waals surface area contributed by atoms with Crippen LogP contribution in [0.5, 0.6) is 5.75 Å². The van der Waals surface area contributed by atoms with Crippen LogP contribution in [0, 0.1) is 0 Å². The molecule has 3 aromatic rings. The molecular formula is C21H22BrNOS2. The SMILES string of the molecule is CCCCc1ccc(SNCc2ccccc2-c2sc(Br)cc2O)cc1. The van der Waals surface area contributed by atoms with E-state index in [1.165, 1.54) is 28.9 Å². The fraction of sp³-hybridized carbons (Fsp3) is 0.238. The first-order chi connectivity index (χ1) is 12.7. The summed E-state index contributed by atoms with van der Waals surface area (Å²) in [4.78, 5) is 2.11. The van der Waals surface area contributed by atoms with Gasteiger partial charge in [0.25, 0.3) is 0 Å². The van der Waals surface area contributed by atoms with Crippen LogP contribution in [0.1, 0.15) is 30.9 Å². The number of hydrogen-bond donors (Lipinski definition) is 2. The van der Waals surface area contributed by atoms with Crippen LogP contribution in [0.2, 0.25) is 0 Å².